The highest BCUT2D eigenvalue weighted by Crippen LogP contribution is 2.25. The molecule has 1 rings (SSSR count). The van der Waals surface area contributed by atoms with Gasteiger partial charge in [-0.3, -0.25) is 0 Å². The Labute approximate surface area is 77.5 Å². The molecular formula is C10H15Br. The van der Waals surface area contributed by atoms with Gasteiger partial charge in [-0.15, -0.1) is 0 Å². The average molecular weight is 215 g/mol. The molecule has 0 saturated carbocycles. The number of halogens is 1. The second-order valence-electron chi connectivity index (χ2n) is 3.51. The molecule has 0 aromatic heterocycles. The van der Waals surface area contributed by atoms with Gasteiger partial charge in [0, 0.05) is 4.83 Å². The molecule has 0 aromatic carbocycles. The van der Waals surface area contributed by atoms with Gasteiger partial charge in [-0.1, -0.05) is 54.1 Å². The summed E-state index contributed by atoms with van der Waals surface area (Å²) < 4.78 is 0. The topological polar surface area (TPSA) is 0 Å². The van der Waals surface area contributed by atoms with Crippen molar-refractivity contribution in [2.45, 2.75) is 25.1 Å². The average Bonchev–Trinajstić information content (AvgIpc) is 1.93. The zero-order valence-corrected chi connectivity index (χ0v) is 8.71. The highest BCUT2D eigenvalue weighted by molar-refractivity contribution is 9.09. The van der Waals surface area contributed by atoms with E-state index >= 15 is 0 Å². The van der Waals surface area contributed by atoms with Crippen LogP contribution < -0.4 is 0 Å². The summed E-state index contributed by atoms with van der Waals surface area (Å²) in [5.41, 5.74) is 0. The molecule has 0 saturated heterocycles. The summed E-state index contributed by atoms with van der Waals surface area (Å²) in [6.07, 6.45) is 10.0. The largest absolute Gasteiger partial charge is 0.0839 e. The van der Waals surface area contributed by atoms with E-state index in [-0.39, 0.29) is 0 Å². The molecule has 0 spiro atoms. The van der Waals surface area contributed by atoms with Crippen LogP contribution >= 0.6 is 15.9 Å². The molecule has 0 N–H and O–H groups in total. The van der Waals surface area contributed by atoms with Crippen LogP contribution in [0.5, 0.6) is 0 Å². The van der Waals surface area contributed by atoms with Crippen LogP contribution in [0.4, 0.5) is 0 Å². The zero-order valence-electron chi connectivity index (χ0n) is 7.13. The third-order valence-electron chi connectivity index (χ3n) is 1.92. The van der Waals surface area contributed by atoms with Gasteiger partial charge in [0.05, 0.1) is 0 Å². The first-order valence-electron chi connectivity index (χ1n) is 4.19. The molecule has 0 aromatic rings. The number of rotatable bonds is 2. The van der Waals surface area contributed by atoms with E-state index in [0.717, 1.165) is 5.92 Å². The fourth-order valence-electron chi connectivity index (χ4n) is 1.38. The Kier molecular flexibility index (Phi) is 3.38. The molecule has 0 amide bonds. The highest BCUT2D eigenvalue weighted by Gasteiger charge is 2.16. The van der Waals surface area contributed by atoms with Gasteiger partial charge in [-0.25, -0.2) is 0 Å². The Morgan fingerprint density at radius 2 is 1.91 bits per heavy atom. The first-order chi connectivity index (χ1) is 5.20. The molecule has 0 heterocycles. The molecule has 11 heavy (non-hydrogen) atoms. The molecule has 1 heteroatoms. The predicted octanol–water partition coefficient (Wildman–Crippen LogP) is 3.54. The van der Waals surface area contributed by atoms with Crippen LogP contribution in [0, 0.1) is 11.8 Å². The SMILES string of the molecule is CC(C)CC1C=CC=CC1Br. The first-order valence-corrected chi connectivity index (χ1v) is 5.11. The number of allylic oxidation sites excluding steroid dienone is 4. The van der Waals surface area contributed by atoms with E-state index in [0.29, 0.717) is 10.7 Å². The van der Waals surface area contributed by atoms with Gasteiger partial charge >= 0.3 is 0 Å². The second-order valence-corrected chi connectivity index (χ2v) is 4.56. The number of hydrogen-bond donors (Lipinski definition) is 0. The van der Waals surface area contributed by atoms with E-state index in [9.17, 15) is 0 Å². The monoisotopic (exact) mass is 214 g/mol. The van der Waals surface area contributed by atoms with Gasteiger partial charge < -0.3 is 0 Å². The standard InChI is InChI=1S/C10H15Br/c1-8(2)7-9-5-3-4-6-10(9)11/h3-6,8-10H,7H2,1-2H3. The smallest absolute Gasteiger partial charge is 0.0391 e. The van der Waals surface area contributed by atoms with Crippen LogP contribution in [0.15, 0.2) is 24.3 Å². The Balaban J connectivity index is 2.45. The van der Waals surface area contributed by atoms with E-state index < -0.39 is 0 Å². The van der Waals surface area contributed by atoms with Crippen molar-refractivity contribution in [2.75, 3.05) is 0 Å². The fraction of sp³-hybridized carbons (Fsp3) is 0.600. The van der Waals surface area contributed by atoms with E-state index in [1.165, 1.54) is 6.42 Å². The van der Waals surface area contributed by atoms with Crippen molar-refractivity contribution >= 4 is 15.9 Å². The third kappa shape index (κ3) is 2.82. The highest BCUT2D eigenvalue weighted by atomic mass is 79.9. The maximum atomic E-state index is 3.65. The van der Waals surface area contributed by atoms with Crippen LogP contribution in [0.2, 0.25) is 0 Å². The molecule has 0 aliphatic heterocycles. The number of hydrogen-bond acceptors (Lipinski definition) is 0. The van der Waals surface area contributed by atoms with Crippen LogP contribution in [0.1, 0.15) is 20.3 Å². The van der Waals surface area contributed by atoms with Crippen LogP contribution in [-0.2, 0) is 0 Å². The molecule has 0 nitrogen and oxygen atoms in total. The lowest BCUT2D eigenvalue weighted by Gasteiger charge is -2.20. The Bertz CT molecular complexity index is 168. The Morgan fingerprint density at radius 1 is 1.27 bits per heavy atom. The summed E-state index contributed by atoms with van der Waals surface area (Å²) in [5.74, 6) is 1.48. The van der Waals surface area contributed by atoms with E-state index in [1.807, 2.05) is 0 Å². The van der Waals surface area contributed by atoms with Crippen molar-refractivity contribution in [2.24, 2.45) is 11.8 Å². The van der Waals surface area contributed by atoms with Gasteiger partial charge in [-0.2, -0.15) is 0 Å². The summed E-state index contributed by atoms with van der Waals surface area (Å²) in [4.78, 5) is 0.551. The quantitative estimate of drug-likeness (QED) is 0.618. The maximum absolute atomic E-state index is 3.65. The third-order valence-corrected chi connectivity index (χ3v) is 2.90. The zero-order chi connectivity index (χ0) is 8.27. The lowest BCUT2D eigenvalue weighted by atomic mass is 9.91. The maximum Gasteiger partial charge on any atom is 0.0391 e. The van der Waals surface area contributed by atoms with Crippen molar-refractivity contribution in [1.29, 1.82) is 0 Å². The van der Waals surface area contributed by atoms with Gasteiger partial charge in [-0.05, 0) is 18.3 Å². The van der Waals surface area contributed by atoms with Crippen LogP contribution in [-0.4, -0.2) is 4.83 Å². The molecule has 0 radical (unpaired) electrons. The molecular weight excluding hydrogens is 200 g/mol. The molecule has 2 unspecified atom stereocenters. The van der Waals surface area contributed by atoms with Gasteiger partial charge in [0.1, 0.15) is 0 Å². The minimum Gasteiger partial charge on any atom is -0.0839 e. The fourth-order valence-corrected chi connectivity index (χ4v) is 1.95. The predicted molar refractivity (Wildman–Crippen MR) is 53.9 cm³/mol. The lowest BCUT2D eigenvalue weighted by molar-refractivity contribution is 0.485. The van der Waals surface area contributed by atoms with Crippen LogP contribution in [0.3, 0.4) is 0 Å². The summed E-state index contributed by atoms with van der Waals surface area (Å²) in [6.45, 7) is 4.54. The van der Waals surface area contributed by atoms with Crippen molar-refractivity contribution in [3.8, 4) is 0 Å². The van der Waals surface area contributed by atoms with Crippen molar-refractivity contribution in [3.05, 3.63) is 24.3 Å². The molecule has 0 bridgehead atoms. The van der Waals surface area contributed by atoms with Crippen LogP contribution in [0.25, 0.3) is 0 Å². The summed E-state index contributed by atoms with van der Waals surface area (Å²) in [5, 5.41) is 0. The lowest BCUT2D eigenvalue weighted by Crippen LogP contribution is -2.13. The molecule has 1 aliphatic carbocycles. The minimum absolute atomic E-state index is 0.551. The normalized spacial score (nSPS) is 29.8. The molecule has 0 fully saturated rings. The minimum atomic E-state index is 0.551. The molecule has 62 valence electrons. The Morgan fingerprint density at radius 3 is 2.45 bits per heavy atom. The van der Waals surface area contributed by atoms with E-state index in [1.54, 1.807) is 0 Å². The van der Waals surface area contributed by atoms with Crippen molar-refractivity contribution in [1.82, 2.24) is 0 Å². The van der Waals surface area contributed by atoms with Gasteiger partial charge in [0.15, 0.2) is 0 Å². The van der Waals surface area contributed by atoms with Crippen molar-refractivity contribution < 1.29 is 0 Å². The van der Waals surface area contributed by atoms with Crippen molar-refractivity contribution in [3.63, 3.8) is 0 Å². The second kappa shape index (κ2) is 4.10. The summed E-state index contributed by atoms with van der Waals surface area (Å²) >= 11 is 3.65. The number of alkyl halides is 1. The van der Waals surface area contributed by atoms with Gasteiger partial charge in [0.2, 0.25) is 0 Å². The van der Waals surface area contributed by atoms with Gasteiger partial charge in [0.25, 0.3) is 0 Å². The summed E-state index contributed by atoms with van der Waals surface area (Å²) in [6, 6.07) is 0. The van der Waals surface area contributed by atoms with E-state index in [2.05, 4.69) is 54.1 Å². The van der Waals surface area contributed by atoms with E-state index in [4.69, 9.17) is 0 Å². The first kappa shape index (κ1) is 9.05. The molecule has 1 aliphatic rings. The Hall–Kier alpha value is -0.0400. The summed E-state index contributed by atoms with van der Waals surface area (Å²) in [7, 11) is 0. The molecule has 2 atom stereocenters.